The van der Waals surface area contributed by atoms with Gasteiger partial charge in [0.05, 0.1) is 23.7 Å². The first-order valence-electron chi connectivity index (χ1n) is 7.69. The van der Waals surface area contributed by atoms with Gasteiger partial charge in [0.2, 0.25) is 5.91 Å². The highest BCUT2D eigenvalue weighted by Gasteiger charge is 2.38. The molecule has 0 bridgehead atoms. The number of hydrogen-bond acceptors (Lipinski definition) is 7. The quantitative estimate of drug-likeness (QED) is 0.211. The number of carbonyl (C=O) groups is 2. The molecule has 0 aliphatic rings. The van der Waals surface area contributed by atoms with Gasteiger partial charge in [-0.1, -0.05) is 12.1 Å². The van der Waals surface area contributed by atoms with Crippen LogP contribution in [-0.4, -0.2) is 45.2 Å². The fourth-order valence-electron chi connectivity index (χ4n) is 1.56. The summed E-state index contributed by atoms with van der Waals surface area (Å²) in [5.41, 5.74) is 10.2. The van der Waals surface area contributed by atoms with Crippen LogP contribution in [0.4, 0.5) is 13.2 Å². The number of rotatable bonds is 5. The van der Waals surface area contributed by atoms with Crippen LogP contribution in [0.25, 0.3) is 0 Å². The van der Waals surface area contributed by atoms with E-state index < -0.39 is 33.5 Å². The van der Waals surface area contributed by atoms with Crippen molar-refractivity contribution in [1.29, 1.82) is 10.2 Å². The first kappa shape index (κ1) is 28.9. The summed E-state index contributed by atoms with van der Waals surface area (Å²) in [7, 11) is -3.11. The molecular weight excluding hydrogens is 545 g/mol. The molecule has 2 rings (SSSR count). The average Bonchev–Trinajstić information content (AvgIpc) is 3.10. The van der Waals surface area contributed by atoms with E-state index in [1.54, 1.807) is 47.4 Å². The van der Waals surface area contributed by atoms with Crippen LogP contribution in [-0.2, 0) is 19.3 Å². The van der Waals surface area contributed by atoms with Gasteiger partial charge in [-0.2, -0.15) is 13.2 Å². The third-order valence-electron chi connectivity index (χ3n) is 2.83. The number of hydrogen-bond donors (Lipinski definition) is 5. The van der Waals surface area contributed by atoms with Crippen molar-refractivity contribution < 1.29 is 32.1 Å². The summed E-state index contributed by atoms with van der Waals surface area (Å²) < 4.78 is 52.8. The van der Waals surface area contributed by atoms with Crippen LogP contribution in [0.5, 0.6) is 0 Å². The minimum Gasteiger partial charge on any atom is -0.475 e. The molecule has 0 aliphatic heterocycles. The predicted octanol–water partition coefficient (Wildman–Crippen LogP) is 3.73. The number of amides is 1. The maximum atomic E-state index is 11.8. The normalized spacial score (nSPS) is 12.3. The van der Waals surface area contributed by atoms with E-state index in [-0.39, 0.29) is 5.84 Å². The maximum absolute atomic E-state index is 11.8. The second-order valence-corrected chi connectivity index (χ2v) is 10.4. The van der Waals surface area contributed by atoms with Crippen molar-refractivity contribution in [2.75, 3.05) is 12.0 Å². The molecule has 0 radical (unpaired) electrons. The van der Waals surface area contributed by atoms with Gasteiger partial charge in [-0.3, -0.25) is 10.2 Å². The SMILES string of the molecule is CSc1ccc(C(=N)N)s1.N=S(=O)(CC(N)=O)c1ccccc1Br.O=C(O)C(F)(F)F. The molecule has 8 nitrogen and oxygen atoms in total. The average molecular weight is 563 g/mol. The van der Waals surface area contributed by atoms with Gasteiger partial charge in [-0.15, -0.1) is 23.1 Å². The van der Waals surface area contributed by atoms with Gasteiger partial charge in [0.1, 0.15) is 11.6 Å². The van der Waals surface area contributed by atoms with Gasteiger partial charge >= 0.3 is 12.1 Å². The first-order valence-corrected chi connectivity index (χ1v) is 12.3. The van der Waals surface area contributed by atoms with E-state index in [4.69, 9.17) is 31.6 Å². The highest BCUT2D eigenvalue weighted by Crippen LogP contribution is 2.24. The fraction of sp³-hybridized carbons (Fsp3) is 0.188. The summed E-state index contributed by atoms with van der Waals surface area (Å²) in [6, 6.07) is 10.5. The molecule has 0 spiro atoms. The van der Waals surface area contributed by atoms with Gasteiger partial charge < -0.3 is 16.6 Å². The Morgan fingerprint density at radius 2 is 1.74 bits per heavy atom. The summed E-state index contributed by atoms with van der Waals surface area (Å²) in [4.78, 5) is 20.7. The predicted molar refractivity (Wildman–Crippen MR) is 118 cm³/mol. The molecule has 1 aromatic heterocycles. The Kier molecular flexibility index (Phi) is 11.8. The number of halogens is 4. The van der Waals surface area contributed by atoms with Crippen molar-refractivity contribution in [3.63, 3.8) is 0 Å². The monoisotopic (exact) mass is 562 g/mol. The van der Waals surface area contributed by atoms with Crippen LogP contribution in [0.15, 0.2) is 50.0 Å². The number of amidine groups is 1. The lowest BCUT2D eigenvalue weighted by molar-refractivity contribution is -0.192. The van der Waals surface area contributed by atoms with Crippen molar-refractivity contribution in [2.24, 2.45) is 11.5 Å². The van der Waals surface area contributed by atoms with Crippen LogP contribution in [0.2, 0.25) is 0 Å². The Balaban J connectivity index is 0.000000465. The molecule has 31 heavy (non-hydrogen) atoms. The zero-order chi connectivity index (χ0) is 24.4. The third-order valence-corrected chi connectivity index (χ3v) is 7.74. The van der Waals surface area contributed by atoms with E-state index in [9.17, 15) is 22.2 Å². The Morgan fingerprint density at radius 1 is 1.23 bits per heavy atom. The van der Waals surface area contributed by atoms with Gasteiger partial charge in [-0.25, -0.2) is 13.8 Å². The lowest BCUT2D eigenvalue weighted by Crippen LogP contribution is -2.22. The van der Waals surface area contributed by atoms with Crippen molar-refractivity contribution >= 4 is 66.5 Å². The van der Waals surface area contributed by atoms with E-state index in [2.05, 4.69) is 15.9 Å². The van der Waals surface area contributed by atoms with Crippen molar-refractivity contribution in [2.45, 2.75) is 15.3 Å². The first-order chi connectivity index (χ1) is 14.1. The number of thioether (sulfide) groups is 1. The van der Waals surface area contributed by atoms with Crippen LogP contribution in [0.3, 0.4) is 0 Å². The smallest absolute Gasteiger partial charge is 0.475 e. The summed E-state index contributed by atoms with van der Waals surface area (Å²) in [5, 5.41) is 14.2. The summed E-state index contributed by atoms with van der Waals surface area (Å²) in [6.07, 6.45) is -3.07. The number of alkyl halides is 3. The molecule has 1 atom stereocenters. The number of nitrogen functional groups attached to an aromatic ring is 1. The highest BCUT2D eigenvalue weighted by molar-refractivity contribution is 9.10. The molecule has 0 saturated carbocycles. The number of nitrogens with two attached hydrogens (primary N) is 2. The minimum absolute atomic E-state index is 0.158. The molecule has 15 heteroatoms. The number of thiophene rings is 1. The standard InChI is InChI=1S/C8H9BrN2O2S.C6H8N2S2.C2HF3O2/c9-6-3-1-2-4-7(6)14(11,13)5-8(10)12;1-9-5-3-2-4(10-5)6(7)8;3-2(4,5)1(6)7/h1-4,11H,5H2,(H2,10,12);2-3H,1H3,(H3,7,8);(H,6,7). The Morgan fingerprint density at radius 3 is 2.06 bits per heavy atom. The molecular formula is C16H18BrF3N4O4S3. The topological polar surface area (TPSA) is 171 Å². The van der Waals surface area contributed by atoms with Crippen molar-refractivity contribution in [3.05, 3.63) is 45.7 Å². The van der Waals surface area contributed by atoms with E-state index in [1.165, 1.54) is 4.21 Å². The molecule has 172 valence electrons. The second-order valence-electron chi connectivity index (χ2n) is 5.26. The number of benzene rings is 1. The molecule has 0 saturated heterocycles. The van der Waals surface area contributed by atoms with Gasteiger partial charge in [0.25, 0.3) is 0 Å². The van der Waals surface area contributed by atoms with Gasteiger partial charge in [0, 0.05) is 4.47 Å². The van der Waals surface area contributed by atoms with Crippen LogP contribution in [0.1, 0.15) is 4.88 Å². The van der Waals surface area contributed by atoms with Crippen molar-refractivity contribution in [1.82, 2.24) is 0 Å². The molecule has 1 unspecified atom stereocenters. The molecule has 1 aromatic carbocycles. The van der Waals surface area contributed by atoms with Gasteiger partial charge in [0.15, 0.2) is 0 Å². The molecule has 1 heterocycles. The number of aliphatic carboxylic acids is 1. The molecule has 0 fully saturated rings. The number of nitrogens with one attached hydrogen (secondary N) is 2. The number of carbonyl (C=O) groups excluding carboxylic acids is 1. The molecule has 1 amide bonds. The van der Waals surface area contributed by atoms with Crippen molar-refractivity contribution in [3.8, 4) is 0 Å². The minimum atomic E-state index is -5.08. The Bertz CT molecular complexity index is 1030. The fourth-order valence-corrected chi connectivity index (χ4v) is 5.28. The van der Waals surface area contributed by atoms with Crippen LogP contribution in [0, 0.1) is 10.2 Å². The summed E-state index contributed by atoms with van der Waals surface area (Å²) in [5.74, 6) is -3.78. The van der Waals surface area contributed by atoms with E-state index in [0.717, 1.165) is 4.88 Å². The van der Waals surface area contributed by atoms with Crippen LogP contribution >= 0.6 is 39.0 Å². The summed E-state index contributed by atoms with van der Waals surface area (Å²) >= 11 is 6.40. The van der Waals surface area contributed by atoms with E-state index in [0.29, 0.717) is 9.37 Å². The van der Waals surface area contributed by atoms with E-state index in [1.807, 2.05) is 18.4 Å². The zero-order valence-electron chi connectivity index (χ0n) is 15.7. The number of carboxylic acids is 1. The number of carboxylic acid groups (broad SMARTS) is 1. The largest absolute Gasteiger partial charge is 0.490 e. The Labute approximate surface area is 192 Å². The second kappa shape index (κ2) is 12.7. The molecule has 7 N–H and O–H groups in total. The molecule has 2 aromatic rings. The third kappa shape index (κ3) is 11.2. The highest BCUT2D eigenvalue weighted by atomic mass is 79.9. The maximum Gasteiger partial charge on any atom is 0.490 e. The van der Waals surface area contributed by atoms with E-state index >= 15 is 0 Å². The number of primary amides is 1. The van der Waals surface area contributed by atoms with Gasteiger partial charge in [-0.05, 0) is 46.5 Å². The van der Waals surface area contributed by atoms with Crippen LogP contribution < -0.4 is 11.5 Å². The molecule has 0 aliphatic carbocycles. The lowest BCUT2D eigenvalue weighted by Gasteiger charge is -2.06. The summed E-state index contributed by atoms with van der Waals surface area (Å²) in [6.45, 7) is 0. The Hall–Kier alpha value is -2.10. The lowest BCUT2D eigenvalue weighted by atomic mass is 10.4. The zero-order valence-corrected chi connectivity index (χ0v) is 19.8.